The summed E-state index contributed by atoms with van der Waals surface area (Å²) in [5, 5.41) is 11.2. The van der Waals surface area contributed by atoms with Crippen molar-refractivity contribution in [2.45, 2.75) is 12.8 Å². The third-order valence-corrected chi connectivity index (χ3v) is 2.61. The van der Waals surface area contributed by atoms with Crippen LogP contribution in [0.15, 0.2) is 12.1 Å². The Labute approximate surface area is 118 Å². The Bertz CT molecular complexity index is 574. The number of amides is 1. The average molecular weight is 301 g/mol. The van der Waals surface area contributed by atoms with Crippen LogP contribution in [0.4, 0.5) is 8.78 Å². The molecule has 1 rings (SSSR count). The highest BCUT2D eigenvalue weighted by Gasteiger charge is 2.20. The second-order valence-corrected chi connectivity index (χ2v) is 4.05. The van der Waals surface area contributed by atoms with Crippen molar-refractivity contribution in [2.75, 3.05) is 13.7 Å². The Morgan fingerprint density at radius 3 is 2.29 bits per heavy atom. The molecular weight excluding hydrogens is 288 g/mol. The molecule has 0 aliphatic carbocycles. The van der Waals surface area contributed by atoms with Gasteiger partial charge in [0.1, 0.15) is 0 Å². The molecule has 0 aromatic heterocycles. The smallest absolute Gasteiger partial charge is 0.336 e. The van der Waals surface area contributed by atoms with Crippen LogP contribution < -0.4 is 5.32 Å². The molecule has 114 valence electrons. The van der Waals surface area contributed by atoms with Crippen LogP contribution in [-0.2, 0) is 9.53 Å². The van der Waals surface area contributed by atoms with Crippen molar-refractivity contribution in [3.8, 4) is 0 Å². The summed E-state index contributed by atoms with van der Waals surface area (Å²) in [7, 11) is 1.22. The first-order valence-corrected chi connectivity index (χ1v) is 5.94. The van der Waals surface area contributed by atoms with Gasteiger partial charge >= 0.3 is 11.9 Å². The van der Waals surface area contributed by atoms with Crippen molar-refractivity contribution >= 4 is 17.8 Å². The van der Waals surface area contributed by atoms with Gasteiger partial charge in [-0.25, -0.2) is 13.6 Å². The summed E-state index contributed by atoms with van der Waals surface area (Å²) in [5.74, 6) is -5.54. The lowest BCUT2D eigenvalue weighted by Crippen LogP contribution is -2.27. The molecule has 8 heteroatoms. The molecule has 1 aromatic rings. The molecule has 0 bridgehead atoms. The van der Waals surface area contributed by atoms with Crippen LogP contribution in [0.25, 0.3) is 0 Å². The van der Waals surface area contributed by atoms with Crippen LogP contribution in [0.3, 0.4) is 0 Å². The first kappa shape index (κ1) is 16.5. The predicted octanol–water partition coefficient (Wildman–Crippen LogP) is 1.35. The topological polar surface area (TPSA) is 92.7 Å². The number of methoxy groups -OCH3 is 1. The number of carbonyl (C=O) groups excluding carboxylic acids is 2. The van der Waals surface area contributed by atoms with Gasteiger partial charge in [-0.05, 0) is 18.6 Å². The standard InChI is InChI=1S/C13H13F2NO5/c1-21-11(17)3-2-4-16-12(18)7-5-9(14)10(15)6-8(7)13(19)20/h5-6H,2-4H2,1H3,(H,16,18)(H,19,20). The molecule has 0 spiro atoms. The zero-order valence-corrected chi connectivity index (χ0v) is 11.1. The third-order valence-electron chi connectivity index (χ3n) is 2.61. The molecule has 2 N–H and O–H groups in total. The van der Waals surface area contributed by atoms with Crippen LogP contribution in [-0.4, -0.2) is 36.6 Å². The minimum Gasteiger partial charge on any atom is -0.478 e. The maximum Gasteiger partial charge on any atom is 0.336 e. The van der Waals surface area contributed by atoms with E-state index in [-0.39, 0.29) is 19.4 Å². The highest BCUT2D eigenvalue weighted by Crippen LogP contribution is 2.15. The van der Waals surface area contributed by atoms with Gasteiger partial charge in [-0.2, -0.15) is 0 Å². The van der Waals surface area contributed by atoms with E-state index < -0.39 is 40.6 Å². The van der Waals surface area contributed by atoms with E-state index in [1.807, 2.05) is 0 Å². The van der Waals surface area contributed by atoms with Crippen molar-refractivity contribution in [3.63, 3.8) is 0 Å². The molecule has 0 aliphatic rings. The lowest BCUT2D eigenvalue weighted by Gasteiger charge is -2.08. The minimum atomic E-state index is -1.55. The Morgan fingerprint density at radius 1 is 1.19 bits per heavy atom. The molecule has 0 radical (unpaired) electrons. The SMILES string of the molecule is COC(=O)CCCNC(=O)c1cc(F)c(F)cc1C(=O)O. The molecule has 0 fully saturated rings. The number of ether oxygens (including phenoxy) is 1. The number of carboxylic acids is 1. The summed E-state index contributed by atoms with van der Waals surface area (Å²) in [6.45, 7) is 0.0615. The van der Waals surface area contributed by atoms with E-state index in [1.165, 1.54) is 7.11 Å². The molecule has 21 heavy (non-hydrogen) atoms. The van der Waals surface area contributed by atoms with E-state index in [2.05, 4.69) is 10.1 Å². The fraction of sp³-hybridized carbons (Fsp3) is 0.308. The number of carbonyl (C=O) groups is 3. The number of benzene rings is 1. The Balaban J connectivity index is 2.76. The highest BCUT2D eigenvalue weighted by molar-refractivity contribution is 6.04. The first-order valence-electron chi connectivity index (χ1n) is 5.94. The lowest BCUT2D eigenvalue weighted by molar-refractivity contribution is -0.140. The van der Waals surface area contributed by atoms with Gasteiger partial charge in [-0.1, -0.05) is 0 Å². The van der Waals surface area contributed by atoms with Gasteiger partial charge in [-0.3, -0.25) is 9.59 Å². The van der Waals surface area contributed by atoms with Crippen LogP contribution in [0.1, 0.15) is 33.6 Å². The molecule has 0 saturated heterocycles. The Kier molecular flexibility index (Phi) is 5.77. The Hall–Kier alpha value is -2.51. The van der Waals surface area contributed by atoms with Gasteiger partial charge in [0, 0.05) is 13.0 Å². The van der Waals surface area contributed by atoms with Gasteiger partial charge in [0.25, 0.3) is 5.91 Å². The molecule has 0 unspecified atom stereocenters. The summed E-state index contributed by atoms with van der Waals surface area (Å²) >= 11 is 0. The average Bonchev–Trinajstić information content (AvgIpc) is 2.45. The van der Waals surface area contributed by atoms with Gasteiger partial charge in [0.2, 0.25) is 0 Å². The number of rotatable bonds is 6. The van der Waals surface area contributed by atoms with E-state index in [9.17, 15) is 23.2 Å². The summed E-state index contributed by atoms with van der Waals surface area (Å²) in [5.41, 5.74) is -1.13. The molecule has 1 amide bonds. The largest absolute Gasteiger partial charge is 0.478 e. The third kappa shape index (κ3) is 4.51. The van der Waals surface area contributed by atoms with E-state index in [0.717, 1.165) is 0 Å². The fourth-order valence-corrected chi connectivity index (χ4v) is 1.54. The highest BCUT2D eigenvalue weighted by atomic mass is 19.2. The quantitative estimate of drug-likeness (QED) is 0.611. The van der Waals surface area contributed by atoms with E-state index >= 15 is 0 Å². The summed E-state index contributed by atoms with van der Waals surface area (Å²) in [6.07, 6.45) is 0.338. The number of halogens is 2. The summed E-state index contributed by atoms with van der Waals surface area (Å²) < 4.78 is 30.5. The van der Waals surface area contributed by atoms with Crippen LogP contribution in [0.2, 0.25) is 0 Å². The number of hydrogen-bond donors (Lipinski definition) is 2. The summed E-state index contributed by atoms with van der Waals surface area (Å²) in [6, 6.07) is 0.968. The number of hydrogen-bond acceptors (Lipinski definition) is 4. The zero-order chi connectivity index (χ0) is 16.0. The number of carboxylic acid groups (broad SMARTS) is 1. The van der Waals surface area contributed by atoms with E-state index in [1.54, 1.807) is 0 Å². The van der Waals surface area contributed by atoms with Crippen molar-refractivity contribution < 1.29 is 33.0 Å². The molecule has 0 heterocycles. The lowest BCUT2D eigenvalue weighted by atomic mass is 10.1. The first-order chi connectivity index (χ1) is 9.86. The minimum absolute atomic E-state index is 0.0615. The molecule has 0 atom stereocenters. The van der Waals surface area contributed by atoms with E-state index in [0.29, 0.717) is 12.1 Å². The summed E-state index contributed by atoms with van der Waals surface area (Å²) in [4.78, 5) is 33.5. The van der Waals surface area contributed by atoms with Gasteiger partial charge in [-0.15, -0.1) is 0 Å². The second kappa shape index (κ2) is 7.32. The maximum absolute atomic E-state index is 13.1. The van der Waals surface area contributed by atoms with Crippen LogP contribution >= 0.6 is 0 Å². The van der Waals surface area contributed by atoms with Gasteiger partial charge in [0.15, 0.2) is 11.6 Å². The molecule has 0 saturated carbocycles. The van der Waals surface area contributed by atoms with Crippen molar-refractivity contribution in [1.29, 1.82) is 0 Å². The molecule has 0 aliphatic heterocycles. The number of aromatic carboxylic acids is 1. The van der Waals surface area contributed by atoms with Gasteiger partial charge < -0.3 is 15.2 Å². The zero-order valence-electron chi connectivity index (χ0n) is 11.1. The number of esters is 1. The Morgan fingerprint density at radius 2 is 1.76 bits per heavy atom. The number of nitrogens with one attached hydrogen (secondary N) is 1. The monoisotopic (exact) mass is 301 g/mol. The molecule has 6 nitrogen and oxygen atoms in total. The van der Waals surface area contributed by atoms with Crippen molar-refractivity contribution in [3.05, 3.63) is 34.9 Å². The predicted molar refractivity (Wildman–Crippen MR) is 66.9 cm³/mol. The van der Waals surface area contributed by atoms with Crippen molar-refractivity contribution in [2.24, 2.45) is 0 Å². The molecule has 1 aromatic carbocycles. The van der Waals surface area contributed by atoms with Crippen LogP contribution in [0.5, 0.6) is 0 Å². The fourth-order valence-electron chi connectivity index (χ4n) is 1.54. The van der Waals surface area contributed by atoms with Gasteiger partial charge in [0.05, 0.1) is 18.2 Å². The van der Waals surface area contributed by atoms with E-state index in [4.69, 9.17) is 5.11 Å². The normalized spacial score (nSPS) is 10.0. The van der Waals surface area contributed by atoms with Crippen LogP contribution in [0, 0.1) is 11.6 Å². The van der Waals surface area contributed by atoms with Crippen molar-refractivity contribution in [1.82, 2.24) is 5.32 Å². The molecular formula is C13H13F2NO5. The second-order valence-electron chi connectivity index (χ2n) is 4.05. The maximum atomic E-state index is 13.1.